The predicted octanol–water partition coefficient (Wildman–Crippen LogP) is 3.78. The number of rotatable bonds is 6. The third-order valence-electron chi connectivity index (χ3n) is 3.98. The van der Waals surface area contributed by atoms with Gasteiger partial charge in [0.25, 0.3) is 5.91 Å². The molecule has 1 amide bonds. The van der Waals surface area contributed by atoms with Crippen LogP contribution >= 0.6 is 0 Å². The average molecular weight is 351 g/mol. The lowest BCUT2D eigenvalue weighted by molar-refractivity contribution is -0.112. The fourth-order valence-electron chi connectivity index (χ4n) is 2.31. The summed E-state index contributed by atoms with van der Waals surface area (Å²) in [6.07, 6.45) is 1.36. The number of carbonyl (C=O) groups excluding carboxylic acids is 1. The van der Waals surface area contributed by atoms with Crippen LogP contribution in [0.2, 0.25) is 0 Å². The Morgan fingerprint density at radius 1 is 1.12 bits per heavy atom. The van der Waals surface area contributed by atoms with Crippen molar-refractivity contribution in [1.29, 1.82) is 5.26 Å². The monoisotopic (exact) mass is 351 g/mol. The van der Waals surface area contributed by atoms with Crippen molar-refractivity contribution < 1.29 is 14.3 Å². The van der Waals surface area contributed by atoms with E-state index in [2.05, 4.69) is 10.6 Å². The van der Waals surface area contributed by atoms with Crippen molar-refractivity contribution in [1.82, 2.24) is 0 Å². The van der Waals surface area contributed by atoms with Crippen LogP contribution < -0.4 is 20.1 Å². The molecule has 2 N–H and O–H groups in total. The van der Waals surface area contributed by atoms with Crippen molar-refractivity contribution in [2.75, 3.05) is 24.9 Å². The minimum atomic E-state index is -0.478. The zero-order valence-electron chi connectivity index (χ0n) is 15.2. The Bertz CT molecular complexity index is 882. The molecule has 0 aliphatic carbocycles. The standard InChI is InChI=1S/C20H21N3O3/c1-13-6-5-7-17(14(13)2)23-20(24)15(11-21)12-22-16-8-9-18(25-3)19(10-16)26-4/h5-10,12,22H,1-4H3,(H,23,24)/b15-12-. The first kappa shape index (κ1) is 18.9. The van der Waals surface area contributed by atoms with Gasteiger partial charge in [-0.25, -0.2) is 0 Å². The molecule has 0 saturated heterocycles. The number of nitrogens with one attached hydrogen (secondary N) is 2. The van der Waals surface area contributed by atoms with Gasteiger partial charge in [-0.1, -0.05) is 12.1 Å². The first-order valence-electron chi connectivity index (χ1n) is 7.96. The van der Waals surface area contributed by atoms with Gasteiger partial charge in [0.05, 0.1) is 14.2 Å². The van der Waals surface area contributed by atoms with Crippen LogP contribution in [0.5, 0.6) is 11.5 Å². The Morgan fingerprint density at radius 2 is 1.85 bits per heavy atom. The molecule has 0 radical (unpaired) electrons. The van der Waals surface area contributed by atoms with Gasteiger partial charge >= 0.3 is 0 Å². The zero-order chi connectivity index (χ0) is 19.1. The molecule has 26 heavy (non-hydrogen) atoms. The summed E-state index contributed by atoms with van der Waals surface area (Å²) in [7, 11) is 3.09. The second-order valence-electron chi connectivity index (χ2n) is 5.59. The van der Waals surface area contributed by atoms with E-state index in [9.17, 15) is 10.1 Å². The van der Waals surface area contributed by atoms with Gasteiger partial charge in [-0.05, 0) is 43.2 Å². The molecule has 0 fully saturated rings. The van der Waals surface area contributed by atoms with E-state index >= 15 is 0 Å². The van der Waals surface area contributed by atoms with Gasteiger partial charge in [0, 0.05) is 23.6 Å². The van der Waals surface area contributed by atoms with Gasteiger partial charge in [-0.2, -0.15) is 5.26 Å². The van der Waals surface area contributed by atoms with Crippen molar-refractivity contribution in [2.24, 2.45) is 0 Å². The van der Waals surface area contributed by atoms with Crippen LogP contribution in [0.1, 0.15) is 11.1 Å². The topological polar surface area (TPSA) is 83.4 Å². The number of ether oxygens (including phenoxy) is 2. The lowest BCUT2D eigenvalue weighted by Crippen LogP contribution is -2.15. The van der Waals surface area contributed by atoms with Crippen LogP contribution in [-0.2, 0) is 4.79 Å². The molecule has 0 aliphatic heterocycles. The van der Waals surface area contributed by atoms with E-state index in [0.717, 1.165) is 11.1 Å². The maximum Gasteiger partial charge on any atom is 0.267 e. The molecule has 6 heteroatoms. The second-order valence-corrected chi connectivity index (χ2v) is 5.59. The number of nitriles is 1. The molecule has 6 nitrogen and oxygen atoms in total. The number of hydrogen-bond acceptors (Lipinski definition) is 5. The van der Waals surface area contributed by atoms with E-state index in [1.807, 2.05) is 32.0 Å². The number of methoxy groups -OCH3 is 2. The maximum absolute atomic E-state index is 12.4. The molecule has 0 bridgehead atoms. The number of amides is 1. The lowest BCUT2D eigenvalue weighted by atomic mass is 10.1. The van der Waals surface area contributed by atoms with Crippen LogP contribution in [0.4, 0.5) is 11.4 Å². The molecular weight excluding hydrogens is 330 g/mol. The van der Waals surface area contributed by atoms with Crippen molar-refractivity contribution in [3.63, 3.8) is 0 Å². The SMILES string of the molecule is COc1ccc(N/C=C(/C#N)C(=O)Nc2cccc(C)c2C)cc1OC. The molecular formula is C20H21N3O3. The van der Waals surface area contributed by atoms with Crippen LogP contribution in [0, 0.1) is 25.2 Å². The number of carbonyl (C=O) groups is 1. The van der Waals surface area contributed by atoms with Gasteiger partial charge in [-0.3, -0.25) is 4.79 Å². The summed E-state index contributed by atoms with van der Waals surface area (Å²) < 4.78 is 10.4. The van der Waals surface area contributed by atoms with E-state index < -0.39 is 5.91 Å². The normalized spacial score (nSPS) is 10.7. The average Bonchev–Trinajstić information content (AvgIpc) is 2.65. The van der Waals surface area contributed by atoms with Gasteiger partial charge in [0.15, 0.2) is 11.5 Å². The molecule has 0 spiro atoms. The Kier molecular flexibility index (Phi) is 6.23. The Labute approximate surface area is 153 Å². The zero-order valence-corrected chi connectivity index (χ0v) is 15.2. The van der Waals surface area contributed by atoms with Gasteiger partial charge in [0.1, 0.15) is 11.6 Å². The smallest absolute Gasteiger partial charge is 0.267 e. The van der Waals surface area contributed by atoms with Crippen molar-refractivity contribution >= 4 is 17.3 Å². The lowest BCUT2D eigenvalue weighted by Gasteiger charge is -2.11. The number of nitrogens with zero attached hydrogens (tertiary/aromatic N) is 1. The van der Waals surface area contributed by atoms with Crippen LogP contribution in [0.25, 0.3) is 0 Å². The quantitative estimate of drug-likeness (QED) is 0.611. The van der Waals surface area contributed by atoms with E-state index in [1.165, 1.54) is 13.3 Å². The first-order valence-corrected chi connectivity index (χ1v) is 7.96. The summed E-state index contributed by atoms with van der Waals surface area (Å²) in [6.45, 7) is 3.88. The Balaban J connectivity index is 2.16. The van der Waals surface area contributed by atoms with Crippen molar-refractivity contribution in [3.8, 4) is 17.6 Å². The fourth-order valence-corrected chi connectivity index (χ4v) is 2.31. The summed E-state index contributed by atoms with van der Waals surface area (Å²) in [6, 6.07) is 12.7. The Morgan fingerprint density at radius 3 is 2.50 bits per heavy atom. The highest BCUT2D eigenvalue weighted by Gasteiger charge is 2.11. The molecule has 2 rings (SSSR count). The minimum Gasteiger partial charge on any atom is -0.493 e. The van der Waals surface area contributed by atoms with Gasteiger partial charge in [-0.15, -0.1) is 0 Å². The van der Waals surface area contributed by atoms with E-state index in [4.69, 9.17) is 9.47 Å². The molecule has 0 atom stereocenters. The molecule has 134 valence electrons. The number of hydrogen-bond donors (Lipinski definition) is 2. The van der Waals surface area contributed by atoms with Crippen LogP contribution in [-0.4, -0.2) is 20.1 Å². The molecule has 2 aromatic rings. The molecule has 0 aromatic heterocycles. The molecule has 0 unspecified atom stereocenters. The fraction of sp³-hybridized carbons (Fsp3) is 0.200. The summed E-state index contributed by atoms with van der Waals surface area (Å²) in [5.41, 5.74) is 3.33. The third-order valence-corrected chi connectivity index (χ3v) is 3.98. The summed E-state index contributed by atoms with van der Waals surface area (Å²) in [5.74, 6) is 0.661. The van der Waals surface area contributed by atoms with E-state index in [1.54, 1.807) is 31.4 Å². The molecule has 0 aliphatic rings. The van der Waals surface area contributed by atoms with Gasteiger partial charge < -0.3 is 20.1 Å². The van der Waals surface area contributed by atoms with E-state index in [-0.39, 0.29) is 5.57 Å². The Hall–Kier alpha value is -3.46. The largest absolute Gasteiger partial charge is 0.493 e. The highest BCUT2D eigenvalue weighted by atomic mass is 16.5. The third kappa shape index (κ3) is 4.33. The van der Waals surface area contributed by atoms with Gasteiger partial charge in [0.2, 0.25) is 0 Å². The number of aryl methyl sites for hydroxylation is 1. The predicted molar refractivity (Wildman–Crippen MR) is 101 cm³/mol. The summed E-state index contributed by atoms with van der Waals surface area (Å²) in [5, 5.41) is 15.0. The maximum atomic E-state index is 12.4. The van der Waals surface area contributed by atoms with Crippen molar-refractivity contribution in [3.05, 3.63) is 59.3 Å². The highest BCUT2D eigenvalue weighted by molar-refractivity contribution is 6.07. The van der Waals surface area contributed by atoms with E-state index in [0.29, 0.717) is 22.9 Å². The minimum absolute atomic E-state index is 0.0410. The van der Waals surface area contributed by atoms with Crippen LogP contribution in [0.3, 0.4) is 0 Å². The molecule has 0 saturated carbocycles. The first-order chi connectivity index (χ1) is 12.5. The number of anilines is 2. The number of benzene rings is 2. The van der Waals surface area contributed by atoms with Crippen LogP contribution in [0.15, 0.2) is 48.2 Å². The van der Waals surface area contributed by atoms with Crippen molar-refractivity contribution in [2.45, 2.75) is 13.8 Å². The molecule has 0 heterocycles. The highest BCUT2D eigenvalue weighted by Crippen LogP contribution is 2.29. The summed E-state index contributed by atoms with van der Waals surface area (Å²) >= 11 is 0. The summed E-state index contributed by atoms with van der Waals surface area (Å²) in [4.78, 5) is 12.4. The molecule has 2 aromatic carbocycles. The second kappa shape index (κ2) is 8.58.